The van der Waals surface area contributed by atoms with Gasteiger partial charge in [-0.2, -0.15) is 19.9 Å². The van der Waals surface area contributed by atoms with Crippen LogP contribution in [0.4, 0.5) is 5.82 Å². The Hall–Kier alpha value is -3.14. The highest BCUT2D eigenvalue weighted by molar-refractivity contribution is 5.62. The summed E-state index contributed by atoms with van der Waals surface area (Å²) >= 11 is 0. The molecule has 0 bridgehead atoms. The molecule has 0 fully saturated rings. The van der Waals surface area contributed by atoms with Crippen molar-refractivity contribution in [3.8, 4) is 11.9 Å². The Labute approximate surface area is 120 Å². The Bertz CT molecular complexity index is 805. The topological polar surface area (TPSA) is 88.1 Å². The molecule has 0 saturated carbocycles. The number of ether oxygens (including phenoxy) is 1. The quantitative estimate of drug-likeness (QED) is 0.781. The lowest BCUT2D eigenvalue weighted by Crippen LogP contribution is -2.10. The Morgan fingerprint density at radius 2 is 2.10 bits per heavy atom. The maximum atomic E-state index is 9.36. The fourth-order valence-corrected chi connectivity index (χ4v) is 2.02. The van der Waals surface area contributed by atoms with Gasteiger partial charge < -0.3 is 10.1 Å². The second-order valence-electron chi connectivity index (χ2n) is 4.27. The molecule has 3 aromatic rings. The van der Waals surface area contributed by atoms with Gasteiger partial charge in [0.05, 0.1) is 13.3 Å². The molecule has 0 radical (unpaired) electrons. The third-order valence-electron chi connectivity index (χ3n) is 3.02. The predicted octanol–water partition coefficient (Wildman–Crippen LogP) is 1.62. The van der Waals surface area contributed by atoms with Gasteiger partial charge in [0, 0.05) is 25.0 Å². The van der Waals surface area contributed by atoms with Crippen LogP contribution in [0.1, 0.15) is 11.1 Å². The van der Waals surface area contributed by atoms with Crippen LogP contribution in [-0.2, 0) is 6.54 Å². The minimum absolute atomic E-state index is 0.280. The highest BCUT2D eigenvalue weighted by atomic mass is 16.5. The summed E-state index contributed by atoms with van der Waals surface area (Å²) in [4.78, 5) is 8.22. The van der Waals surface area contributed by atoms with E-state index in [2.05, 4.69) is 26.5 Å². The Morgan fingerprint density at radius 3 is 2.81 bits per heavy atom. The van der Waals surface area contributed by atoms with Gasteiger partial charge >= 0.3 is 0 Å². The van der Waals surface area contributed by atoms with E-state index in [9.17, 15) is 5.26 Å². The zero-order valence-electron chi connectivity index (χ0n) is 11.3. The first kappa shape index (κ1) is 12.9. The van der Waals surface area contributed by atoms with Gasteiger partial charge in [-0.05, 0) is 17.7 Å². The number of hydrogen-bond donors (Lipinski definition) is 1. The molecule has 0 aromatic carbocycles. The van der Waals surface area contributed by atoms with Gasteiger partial charge in [-0.25, -0.2) is 0 Å². The number of fused-ring (bicyclic) bond motifs is 1. The maximum Gasteiger partial charge on any atom is 0.237 e. The summed E-state index contributed by atoms with van der Waals surface area (Å²) in [6, 6.07) is 7.66. The van der Waals surface area contributed by atoms with E-state index < -0.39 is 0 Å². The number of rotatable bonds is 4. The second-order valence-corrected chi connectivity index (χ2v) is 4.27. The minimum atomic E-state index is 0.280. The molecule has 7 nitrogen and oxygen atoms in total. The summed E-state index contributed by atoms with van der Waals surface area (Å²) in [5.41, 5.74) is 1.98. The van der Waals surface area contributed by atoms with Crippen molar-refractivity contribution in [1.82, 2.24) is 19.6 Å². The number of anilines is 1. The molecule has 0 aliphatic rings. The maximum absolute atomic E-state index is 9.36. The summed E-state index contributed by atoms with van der Waals surface area (Å²) in [5.74, 6) is 0.837. The van der Waals surface area contributed by atoms with Crippen molar-refractivity contribution in [2.24, 2.45) is 0 Å². The van der Waals surface area contributed by atoms with E-state index in [1.807, 2.05) is 12.1 Å². The number of nitriles is 1. The first-order valence-electron chi connectivity index (χ1n) is 6.28. The smallest absolute Gasteiger partial charge is 0.237 e. The van der Waals surface area contributed by atoms with E-state index in [0.717, 1.165) is 5.56 Å². The summed E-state index contributed by atoms with van der Waals surface area (Å²) < 4.78 is 6.77. The molecule has 1 N–H and O–H groups in total. The molecule has 0 atom stereocenters. The summed E-state index contributed by atoms with van der Waals surface area (Å²) in [6.45, 7) is 0.541. The van der Waals surface area contributed by atoms with Crippen molar-refractivity contribution in [2.45, 2.75) is 6.54 Å². The molecule has 7 heteroatoms. The first-order chi connectivity index (χ1) is 10.3. The first-order valence-corrected chi connectivity index (χ1v) is 6.28. The van der Waals surface area contributed by atoms with Crippen molar-refractivity contribution in [2.75, 3.05) is 12.4 Å². The molecule has 3 rings (SSSR count). The lowest BCUT2D eigenvalue weighted by molar-refractivity contribution is 0.397. The standard InChI is InChI=1S/C14H12N6O/c1-21-14-11(8-15)13(20-12(19-14)4-7-18-20)17-9-10-2-5-16-6-3-10/h2-7,17H,9H2,1H3. The van der Waals surface area contributed by atoms with E-state index in [0.29, 0.717) is 23.6 Å². The summed E-state index contributed by atoms with van der Waals surface area (Å²) in [6.07, 6.45) is 5.07. The van der Waals surface area contributed by atoms with Gasteiger partial charge in [-0.1, -0.05) is 0 Å². The number of methoxy groups -OCH3 is 1. The monoisotopic (exact) mass is 280 g/mol. The fourth-order valence-electron chi connectivity index (χ4n) is 2.02. The molecule has 0 saturated heterocycles. The van der Waals surface area contributed by atoms with Crippen LogP contribution in [0, 0.1) is 11.3 Å². The van der Waals surface area contributed by atoms with Crippen molar-refractivity contribution < 1.29 is 4.74 Å². The second kappa shape index (κ2) is 5.46. The molecular weight excluding hydrogens is 268 g/mol. The van der Waals surface area contributed by atoms with Crippen LogP contribution < -0.4 is 10.1 Å². The number of nitrogens with zero attached hydrogens (tertiary/aromatic N) is 5. The van der Waals surface area contributed by atoms with Gasteiger partial charge in [-0.15, -0.1) is 0 Å². The zero-order valence-corrected chi connectivity index (χ0v) is 11.3. The van der Waals surface area contributed by atoms with Crippen LogP contribution in [0.5, 0.6) is 5.88 Å². The average Bonchev–Trinajstić information content (AvgIpc) is 3.00. The number of pyridine rings is 1. The average molecular weight is 280 g/mol. The minimum Gasteiger partial charge on any atom is -0.480 e. The largest absolute Gasteiger partial charge is 0.480 e. The van der Waals surface area contributed by atoms with Crippen molar-refractivity contribution in [1.29, 1.82) is 5.26 Å². The van der Waals surface area contributed by atoms with E-state index in [4.69, 9.17) is 4.74 Å². The number of hydrogen-bond acceptors (Lipinski definition) is 6. The molecule has 0 amide bonds. The van der Waals surface area contributed by atoms with Gasteiger partial charge in [-0.3, -0.25) is 4.98 Å². The van der Waals surface area contributed by atoms with Crippen LogP contribution in [0.3, 0.4) is 0 Å². The summed E-state index contributed by atoms with van der Waals surface area (Å²) in [5, 5.41) is 16.8. The molecule has 0 spiro atoms. The van der Waals surface area contributed by atoms with E-state index >= 15 is 0 Å². The normalized spacial score (nSPS) is 10.3. The molecule has 0 aliphatic heterocycles. The van der Waals surface area contributed by atoms with Crippen LogP contribution in [0.15, 0.2) is 36.8 Å². The van der Waals surface area contributed by atoms with Crippen LogP contribution in [0.2, 0.25) is 0 Å². The Balaban J connectivity index is 2.03. The molecule has 104 valence electrons. The molecular formula is C14H12N6O. The van der Waals surface area contributed by atoms with Crippen LogP contribution >= 0.6 is 0 Å². The SMILES string of the molecule is COc1nc2ccnn2c(NCc2ccncc2)c1C#N. The highest BCUT2D eigenvalue weighted by Gasteiger charge is 2.16. The number of aromatic nitrogens is 4. The molecule has 3 heterocycles. The van der Waals surface area contributed by atoms with Gasteiger partial charge in [0.1, 0.15) is 6.07 Å². The predicted molar refractivity (Wildman–Crippen MR) is 75.8 cm³/mol. The highest BCUT2D eigenvalue weighted by Crippen LogP contribution is 2.25. The third kappa shape index (κ3) is 2.34. The van der Waals surface area contributed by atoms with Crippen molar-refractivity contribution in [3.05, 3.63) is 47.9 Å². The van der Waals surface area contributed by atoms with E-state index in [1.165, 1.54) is 7.11 Å². The molecule has 0 aliphatic carbocycles. The Kier molecular flexibility index (Phi) is 3.35. The molecule has 21 heavy (non-hydrogen) atoms. The van der Waals surface area contributed by atoms with Crippen LogP contribution in [0.25, 0.3) is 5.65 Å². The van der Waals surface area contributed by atoms with Gasteiger partial charge in [0.15, 0.2) is 17.0 Å². The Morgan fingerprint density at radius 1 is 1.29 bits per heavy atom. The molecule has 0 unspecified atom stereocenters. The lowest BCUT2D eigenvalue weighted by Gasteiger charge is -2.12. The molecule has 3 aromatic heterocycles. The van der Waals surface area contributed by atoms with Crippen molar-refractivity contribution in [3.63, 3.8) is 0 Å². The van der Waals surface area contributed by atoms with Gasteiger partial charge in [0.2, 0.25) is 5.88 Å². The third-order valence-corrected chi connectivity index (χ3v) is 3.02. The fraction of sp³-hybridized carbons (Fsp3) is 0.143. The van der Waals surface area contributed by atoms with Gasteiger partial charge in [0.25, 0.3) is 0 Å². The lowest BCUT2D eigenvalue weighted by atomic mass is 10.2. The number of nitrogens with one attached hydrogen (secondary N) is 1. The van der Waals surface area contributed by atoms with Crippen molar-refractivity contribution >= 4 is 11.5 Å². The zero-order chi connectivity index (χ0) is 14.7. The van der Waals surface area contributed by atoms with E-state index in [1.54, 1.807) is 29.2 Å². The van der Waals surface area contributed by atoms with E-state index in [-0.39, 0.29) is 5.88 Å². The van der Waals surface area contributed by atoms with Crippen LogP contribution in [-0.4, -0.2) is 26.7 Å². The summed E-state index contributed by atoms with van der Waals surface area (Å²) in [7, 11) is 1.49.